The van der Waals surface area contributed by atoms with Crippen molar-refractivity contribution in [1.29, 1.82) is 0 Å². The van der Waals surface area contributed by atoms with Crippen LogP contribution in [-0.4, -0.2) is 7.11 Å². The van der Waals surface area contributed by atoms with E-state index >= 15 is 0 Å². The second kappa shape index (κ2) is 5.79. The Morgan fingerprint density at radius 3 is 2.40 bits per heavy atom. The van der Waals surface area contributed by atoms with Crippen molar-refractivity contribution in [1.82, 2.24) is 0 Å². The van der Waals surface area contributed by atoms with Crippen molar-refractivity contribution in [2.75, 3.05) is 7.11 Å². The van der Waals surface area contributed by atoms with Crippen LogP contribution in [0.5, 0.6) is 5.75 Å². The third kappa shape index (κ3) is 2.39. The molecule has 1 heteroatoms. The maximum absolute atomic E-state index is 5.56. The molecule has 1 nitrogen and oxygen atoms in total. The van der Waals surface area contributed by atoms with E-state index in [1.54, 1.807) is 7.11 Å². The molecule has 0 aliphatic heterocycles. The number of para-hydroxylation sites is 1. The maximum atomic E-state index is 5.56. The van der Waals surface area contributed by atoms with Gasteiger partial charge in [-0.25, -0.2) is 0 Å². The zero-order valence-electron chi connectivity index (χ0n) is 11.6. The molecule has 1 unspecified atom stereocenters. The van der Waals surface area contributed by atoms with E-state index in [2.05, 4.69) is 60.7 Å². The summed E-state index contributed by atoms with van der Waals surface area (Å²) in [5.74, 6) is 1.19. The molecule has 20 heavy (non-hydrogen) atoms. The van der Waals surface area contributed by atoms with Gasteiger partial charge in [-0.05, 0) is 23.6 Å². The normalized spacial score (nSPS) is 14.9. The predicted molar refractivity (Wildman–Crippen MR) is 83.1 cm³/mol. The molecule has 0 radical (unpaired) electrons. The average Bonchev–Trinajstić information content (AvgIpc) is 3.03. The van der Waals surface area contributed by atoms with E-state index in [1.807, 2.05) is 12.1 Å². The van der Waals surface area contributed by atoms with E-state index in [1.165, 1.54) is 16.7 Å². The van der Waals surface area contributed by atoms with Gasteiger partial charge in [-0.2, -0.15) is 0 Å². The first-order chi connectivity index (χ1) is 9.90. The van der Waals surface area contributed by atoms with Crippen molar-refractivity contribution in [2.45, 2.75) is 12.3 Å². The van der Waals surface area contributed by atoms with Crippen molar-refractivity contribution in [3.05, 3.63) is 89.5 Å². The molecule has 0 saturated heterocycles. The fourth-order valence-corrected chi connectivity index (χ4v) is 2.79. The minimum atomic E-state index is 0.242. The number of benzene rings is 2. The lowest BCUT2D eigenvalue weighted by Gasteiger charge is -2.21. The summed E-state index contributed by atoms with van der Waals surface area (Å²) in [5, 5.41) is 0. The van der Waals surface area contributed by atoms with Gasteiger partial charge in [0.15, 0.2) is 0 Å². The minimum absolute atomic E-state index is 0.242. The summed E-state index contributed by atoms with van der Waals surface area (Å²) in [6.45, 7) is 0. The van der Waals surface area contributed by atoms with Gasteiger partial charge in [0.2, 0.25) is 0 Å². The molecule has 0 saturated carbocycles. The Kier molecular flexibility index (Phi) is 3.69. The lowest BCUT2D eigenvalue weighted by Crippen LogP contribution is -2.05. The van der Waals surface area contributed by atoms with Crippen LogP contribution in [0.2, 0.25) is 0 Å². The SMILES string of the molecule is COc1ccccc1C(C1=CCC=C1)c1ccccc1. The van der Waals surface area contributed by atoms with Gasteiger partial charge in [-0.15, -0.1) is 0 Å². The van der Waals surface area contributed by atoms with Gasteiger partial charge in [0.25, 0.3) is 0 Å². The molecule has 100 valence electrons. The molecule has 2 aromatic carbocycles. The van der Waals surface area contributed by atoms with Crippen LogP contribution in [0, 0.1) is 0 Å². The van der Waals surface area contributed by atoms with Crippen molar-refractivity contribution in [3.8, 4) is 5.75 Å². The largest absolute Gasteiger partial charge is 0.496 e. The van der Waals surface area contributed by atoms with Crippen molar-refractivity contribution in [2.24, 2.45) is 0 Å². The van der Waals surface area contributed by atoms with E-state index in [0.29, 0.717) is 0 Å². The first kappa shape index (κ1) is 12.7. The van der Waals surface area contributed by atoms with Crippen LogP contribution in [-0.2, 0) is 0 Å². The summed E-state index contributed by atoms with van der Waals surface area (Å²) < 4.78 is 5.56. The van der Waals surface area contributed by atoms with Crippen LogP contribution in [0.3, 0.4) is 0 Å². The average molecular weight is 262 g/mol. The molecule has 0 spiro atoms. The highest BCUT2D eigenvalue weighted by atomic mass is 16.5. The maximum Gasteiger partial charge on any atom is 0.123 e. The smallest absolute Gasteiger partial charge is 0.123 e. The highest BCUT2D eigenvalue weighted by Gasteiger charge is 2.21. The number of methoxy groups -OCH3 is 1. The van der Waals surface area contributed by atoms with Crippen LogP contribution in [0.25, 0.3) is 0 Å². The molecule has 0 amide bonds. The van der Waals surface area contributed by atoms with Gasteiger partial charge < -0.3 is 4.74 Å². The van der Waals surface area contributed by atoms with Gasteiger partial charge >= 0.3 is 0 Å². The summed E-state index contributed by atoms with van der Waals surface area (Å²) in [5.41, 5.74) is 3.87. The van der Waals surface area contributed by atoms with E-state index in [0.717, 1.165) is 12.2 Å². The molecule has 0 bridgehead atoms. The minimum Gasteiger partial charge on any atom is -0.496 e. The molecule has 0 aromatic heterocycles. The molecular formula is C19H18O. The fraction of sp³-hybridized carbons (Fsp3) is 0.158. The summed E-state index contributed by atoms with van der Waals surface area (Å²) in [6.07, 6.45) is 7.75. The molecule has 0 heterocycles. The zero-order valence-corrected chi connectivity index (χ0v) is 11.6. The van der Waals surface area contributed by atoms with Gasteiger partial charge in [0, 0.05) is 11.5 Å². The van der Waals surface area contributed by atoms with E-state index in [4.69, 9.17) is 4.74 Å². The molecule has 2 aromatic rings. The molecule has 1 atom stereocenters. The second-order valence-corrected chi connectivity index (χ2v) is 4.93. The van der Waals surface area contributed by atoms with Gasteiger partial charge in [0.1, 0.15) is 5.75 Å². The Bertz CT molecular complexity index is 638. The Hall–Kier alpha value is -2.28. The molecular weight excluding hydrogens is 244 g/mol. The fourth-order valence-electron chi connectivity index (χ4n) is 2.79. The summed E-state index contributed by atoms with van der Waals surface area (Å²) in [6, 6.07) is 18.9. The molecule has 3 rings (SSSR count). The van der Waals surface area contributed by atoms with Gasteiger partial charge in [-0.3, -0.25) is 0 Å². The second-order valence-electron chi connectivity index (χ2n) is 4.93. The molecule has 0 N–H and O–H groups in total. The van der Waals surface area contributed by atoms with E-state index in [-0.39, 0.29) is 5.92 Å². The third-order valence-electron chi connectivity index (χ3n) is 3.72. The highest BCUT2D eigenvalue weighted by molar-refractivity contribution is 5.51. The number of ether oxygens (including phenoxy) is 1. The van der Waals surface area contributed by atoms with Crippen LogP contribution < -0.4 is 4.74 Å². The summed E-state index contributed by atoms with van der Waals surface area (Å²) in [4.78, 5) is 0. The Morgan fingerprint density at radius 2 is 1.70 bits per heavy atom. The third-order valence-corrected chi connectivity index (χ3v) is 3.72. The zero-order chi connectivity index (χ0) is 13.8. The quantitative estimate of drug-likeness (QED) is 0.775. The molecule has 1 aliphatic rings. The van der Waals surface area contributed by atoms with E-state index < -0.39 is 0 Å². The lowest BCUT2D eigenvalue weighted by atomic mass is 9.85. The molecule has 0 fully saturated rings. The van der Waals surface area contributed by atoms with Crippen LogP contribution in [0.1, 0.15) is 23.5 Å². The van der Waals surface area contributed by atoms with Crippen LogP contribution >= 0.6 is 0 Å². The first-order valence-corrected chi connectivity index (χ1v) is 6.94. The Balaban J connectivity index is 2.13. The van der Waals surface area contributed by atoms with Crippen molar-refractivity contribution < 1.29 is 4.74 Å². The van der Waals surface area contributed by atoms with E-state index in [9.17, 15) is 0 Å². The van der Waals surface area contributed by atoms with Crippen molar-refractivity contribution in [3.63, 3.8) is 0 Å². The predicted octanol–water partition coefficient (Wildman–Crippen LogP) is 4.71. The number of allylic oxidation sites excluding steroid dienone is 4. The van der Waals surface area contributed by atoms with Gasteiger partial charge in [0.05, 0.1) is 7.11 Å². The Morgan fingerprint density at radius 1 is 0.950 bits per heavy atom. The lowest BCUT2D eigenvalue weighted by molar-refractivity contribution is 0.409. The van der Waals surface area contributed by atoms with Crippen molar-refractivity contribution >= 4 is 0 Å². The first-order valence-electron chi connectivity index (χ1n) is 6.94. The number of rotatable bonds is 4. The van der Waals surface area contributed by atoms with Gasteiger partial charge in [-0.1, -0.05) is 66.8 Å². The van der Waals surface area contributed by atoms with Crippen LogP contribution in [0.15, 0.2) is 78.4 Å². The number of hydrogen-bond acceptors (Lipinski definition) is 1. The standard InChI is InChI=1S/C19H18O/c1-20-18-14-8-7-13-17(18)19(16-11-5-6-12-16)15-9-3-2-4-10-15/h2-5,7-14,19H,6H2,1H3. The Labute approximate surface area is 120 Å². The van der Waals surface area contributed by atoms with Crippen LogP contribution in [0.4, 0.5) is 0 Å². The summed E-state index contributed by atoms with van der Waals surface area (Å²) >= 11 is 0. The number of hydrogen-bond donors (Lipinski definition) is 0. The topological polar surface area (TPSA) is 9.23 Å². The molecule has 1 aliphatic carbocycles. The summed E-state index contributed by atoms with van der Waals surface area (Å²) in [7, 11) is 1.74. The monoisotopic (exact) mass is 262 g/mol. The highest BCUT2D eigenvalue weighted by Crippen LogP contribution is 2.39.